The van der Waals surface area contributed by atoms with Gasteiger partial charge in [0.1, 0.15) is 0 Å². The van der Waals surface area contributed by atoms with E-state index in [1.54, 1.807) is 10.7 Å². The van der Waals surface area contributed by atoms with Crippen molar-refractivity contribution in [3.05, 3.63) is 42.9 Å². The van der Waals surface area contributed by atoms with Crippen molar-refractivity contribution in [3.63, 3.8) is 0 Å². The minimum atomic E-state index is 0.800. The van der Waals surface area contributed by atoms with Crippen LogP contribution >= 0.6 is 0 Å². The molecule has 0 saturated heterocycles. The van der Waals surface area contributed by atoms with Crippen molar-refractivity contribution in [1.82, 2.24) is 14.6 Å². The summed E-state index contributed by atoms with van der Waals surface area (Å²) in [6.07, 6.45) is 6.21. The van der Waals surface area contributed by atoms with Crippen LogP contribution in [0.3, 0.4) is 0 Å². The molecule has 0 radical (unpaired) electrons. The molecular weight excluding hydrogens is 150 g/mol. The van der Waals surface area contributed by atoms with Crippen molar-refractivity contribution < 1.29 is 0 Å². The second-order valence-electron chi connectivity index (χ2n) is 2.55. The normalized spacial score (nSPS) is 10.3. The Balaban J connectivity index is 2.52. The zero-order valence-electron chi connectivity index (χ0n) is 6.64. The average molecular weight is 159 g/mol. The highest BCUT2D eigenvalue weighted by atomic mass is 15.2. The Morgan fingerprint density at radius 1 is 1.50 bits per heavy atom. The lowest BCUT2D eigenvalue weighted by molar-refractivity contribution is 0.881. The van der Waals surface area contributed by atoms with E-state index in [0.717, 1.165) is 17.8 Å². The third-order valence-corrected chi connectivity index (χ3v) is 1.66. The van der Waals surface area contributed by atoms with Gasteiger partial charge in [-0.1, -0.05) is 6.08 Å². The van der Waals surface area contributed by atoms with Gasteiger partial charge in [0.2, 0.25) is 0 Å². The van der Waals surface area contributed by atoms with E-state index in [4.69, 9.17) is 0 Å². The van der Waals surface area contributed by atoms with Crippen molar-refractivity contribution >= 4 is 5.65 Å². The van der Waals surface area contributed by atoms with Crippen LogP contribution in [-0.2, 0) is 6.42 Å². The van der Waals surface area contributed by atoms with Crippen LogP contribution in [-0.4, -0.2) is 14.6 Å². The lowest BCUT2D eigenvalue weighted by atomic mass is 10.3. The van der Waals surface area contributed by atoms with Crippen LogP contribution < -0.4 is 0 Å². The highest BCUT2D eigenvalue weighted by Gasteiger charge is 1.95. The van der Waals surface area contributed by atoms with Crippen LogP contribution in [0, 0.1) is 0 Å². The number of allylic oxidation sites excluding steroid dienone is 1. The largest absolute Gasteiger partial charge is 0.236 e. The molecule has 0 N–H and O–H groups in total. The standard InChI is InChI=1S/C9H9N3/c1-2-3-8-4-5-9-10-6-7-12(9)11-8/h2,4-7H,1,3H2. The van der Waals surface area contributed by atoms with Crippen molar-refractivity contribution in [2.24, 2.45) is 0 Å². The number of rotatable bonds is 2. The molecule has 0 aliphatic rings. The van der Waals surface area contributed by atoms with Gasteiger partial charge < -0.3 is 0 Å². The minimum Gasteiger partial charge on any atom is -0.236 e. The van der Waals surface area contributed by atoms with Crippen molar-refractivity contribution in [2.45, 2.75) is 6.42 Å². The molecular formula is C9H9N3. The molecule has 0 fully saturated rings. The maximum atomic E-state index is 4.31. The van der Waals surface area contributed by atoms with Gasteiger partial charge in [0, 0.05) is 18.8 Å². The predicted octanol–water partition coefficient (Wildman–Crippen LogP) is 1.46. The van der Waals surface area contributed by atoms with Gasteiger partial charge in [-0.15, -0.1) is 6.58 Å². The highest BCUT2D eigenvalue weighted by molar-refractivity contribution is 5.36. The Morgan fingerprint density at radius 2 is 2.42 bits per heavy atom. The highest BCUT2D eigenvalue weighted by Crippen LogP contribution is 2.00. The number of imidazole rings is 1. The number of hydrogen-bond donors (Lipinski definition) is 0. The second-order valence-corrected chi connectivity index (χ2v) is 2.55. The second kappa shape index (κ2) is 2.77. The fraction of sp³-hybridized carbons (Fsp3) is 0.111. The topological polar surface area (TPSA) is 30.2 Å². The monoisotopic (exact) mass is 159 g/mol. The molecule has 12 heavy (non-hydrogen) atoms. The van der Waals surface area contributed by atoms with Crippen LogP contribution in [0.2, 0.25) is 0 Å². The van der Waals surface area contributed by atoms with Gasteiger partial charge in [0.05, 0.1) is 5.69 Å². The van der Waals surface area contributed by atoms with Crippen LogP contribution in [0.4, 0.5) is 0 Å². The van der Waals surface area contributed by atoms with E-state index in [9.17, 15) is 0 Å². The lowest BCUT2D eigenvalue weighted by Gasteiger charge is -1.95. The molecule has 0 atom stereocenters. The molecule has 0 saturated carbocycles. The fourth-order valence-corrected chi connectivity index (χ4v) is 1.11. The molecule has 0 aliphatic carbocycles. The maximum absolute atomic E-state index is 4.31. The van der Waals surface area contributed by atoms with Crippen molar-refractivity contribution in [3.8, 4) is 0 Å². The third-order valence-electron chi connectivity index (χ3n) is 1.66. The van der Waals surface area contributed by atoms with Crippen LogP contribution in [0.1, 0.15) is 5.69 Å². The number of hydrogen-bond acceptors (Lipinski definition) is 2. The summed E-state index contributed by atoms with van der Waals surface area (Å²) in [7, 11) is 0. The smallest absolute Gasteiger partial charge is 0.153 e. The van der Waals surface area contributed by atoms with Crippen molar-refractivity contribution in [1.29, 1.82) is 0 Å². The minimum absolute atomic E-state index is 0.800. The molecule has 3 nitrogen and oxygen atoms in total. The molecule has 2 heterocycles. The summed E-state index contributed by atoms with van der Waals surface area (Å²) in [5.41, 5.74) is 1.89. The Bertz CT molecular complexity index is 403. The van der Waals surface area contributed by atoms with Crippen LogP contribution in [0.15, 0.2) is 37.2 Å². The van der Waals surface area contributed by atoms with E-state index in [-0.39, 0.29) is 0 Å². The van der Waals surface area contributed by atoms with E-state index in [1.165, 1.54) is 0 Å². The molecule has 0 unspecified atom stereocenters. The molecule has 0 bridgehead atoms. The van der Waals surface area contributed by atoms with E-state index in [2.05, 4.69) is 16.7 Å². The summed E-state index contributed by atoms with van der Waals surface area (Å²) in [6, 6.07) is 3.91. The van der Waals surface area contributed by atoms with Crippen LogP contribution in [0.25, 0.3) is 5.65 Å². The van der Waals surface area contributed by atoms with E-state index >= 15 is 0 Å². The van der Waals surface area contributed by atoms with Gasteiger partial charge in [0.15, 0.2) is 5.65 Å². The third kappa shape index (κ3) is 1.09. The van der Waals surface area contributed by atoms with Gasteiger partial charge in [-0.3, -0.25) is 0 Å². The first-order valence-electron chi connectivity index (χ1n) is 3.80. The number of fused-ring (bicyclic) bond motifs is 1. The SMILES string of the molecule is C=CCc1ccc2nccn2n1. The summed E-state index contributed by atoms with van der Waals surface area (Å²) in [5, 5.41) is 4.31. The molecule has 2 aromatic rings. The zero-order valence-corrected chi connectivity index (χ0v) is 6.64. The molecule has 0 aromatic carbocycles. The summed E-state index contributed by atoms with van der Waals surface area (Å²) in [4.78, 5) is 4.09. The molecule has 0 aliphatic heterocycles. The predicted molar refractivity (Wildman–Crippen MR) is 46.9 cm³/mol. The fourth-order valence-electron chi connectivity index (χ4n) is 1.11. The first-order chi connectivity index (χ1) is 5.90. The molecule has 2 aromatic heterocycles. The number of nitrogens with zero attached hydrogens (tertiary/aromatic N) is 3. The molecule has 2 rings (SSSR count). The maximum Gasteiger partial charge on any atom is 0.153 e. The quantitative estimate of drug-likeness (QED) is 0.621. The summed E-state index contributed by atoms with van der Waals surface area (Å²) in [6.45, 7) is 3.66. The summed E-state index contributed by atoms with van der Waals surface area (Å²) < 4.78 is 1.76. The van der Waals surface area contributed by atoms with Crippen LogP contribution in [0.5, 0.6) is 0 Å². The first-order valence-corrected chi connectivity index (χ1v) is 3.80. The first kappa shape index (κ1) is 7.03. The number of aromatic nitrogens is 3. The average Bonchev–Trinajstić information content (AvgIpc) is 2.51. The molecule has 60 valence electrons. The summed E-state index contributed by atoms with van der Waals surface area (Å²) in [5.74, 6) is 0. The lowest BCUT2D eigenvalue weighted by Crippen LogP contribution is -1.95. The molecule has 0 spiro atoms. The van der Waals surface area contributed by atoms with E-state index < -0.39 is 0 Å². The van der Waals surface area contributed by atoms with Gasteiger partial charge >= 0.3 is 0 Å². The Kier molecular flexibility index (Phi) is 1.63. The van der Waals surface area contributed by atoms with Gasteiger partial charge in [-0.2, -0.15) is 5.10 Å². The Morgan fingerprint density at radius 3 is 3.25 bits per heavy atom. The van der Waals surface area contributed by atoms with E-state index in [0.29, 0.717) is 0 Å². The molecule has 3 heteroatoms. The van der Waals surface area contributed by atoms with Gasteiger partial charge in [-0.25, -0.2) is 9.50 Å². The summed E-state index contributed by atoms with van der Waals surface area (Å²) >= 11 is 0. The Labute approximate surface area is 70.4 Å². The van der Waals surface area contributed by atoms with E-state index in [1.807, 2.05) is 24.4 Å². The molecule has 0 amide bonds. The Hall–Kier alpha value is -1.64. The van der Waals surface area contributed by atoms with Gasteiger partial charge in [0.25, 0.3) is 0 Å². The zero-order chi connectivity index (χ0) is 8.39. The van der Waals surface area contributed by atoms with Gasteiger partial charge in [-0.05, 0) is 12.1 Å². The van der Waals surface area contributed by atoms with Crippen molar-refractivity contribution in [2.75, 3.05) is 0 Å².